The maximum atomic E-state index is 12.5. The SMILES string of the molecule is CC[C@H](C)NC(=O)c1coc(CN(CCc2c[nH]c3ccccc23)Cc2ccc(OC)cc2OC)n1. The number of aromatic amines is 1. The van der Waals surface area contributed by atoms with Gasteiger partial charge in [-0.05, 0) is 37.5 Å². The molecular formula is C28H34N4O4. The number of fused-ring (bicyclic) bond motifs is 1. The fourth-order valence-electron chi connectivity index (χ4n) is 4.13. The molecule has 36 heavy (non-hydrogen) atoms. The topological polar surface area (TPSA) is 92.6 Å². The predicted octanol–water partition coefficient (Wildman–Crippen LogP) is 4.95. The zero-order valence-corrected chi connectivity index (χ0v) is 21.3. The highest BCUT2D eigenvalue weighted by molar-refractivity contribution is 5.92. The Morgan fingerprint density at radius 1 is 1.14 bits per heavy atom. The van der Waals surface area contributed by atoms with Crippen LogP contribution in [-0.2, 0) is 19.5 Å². The molecule has 0 aliphatic carbocycles. The number of hydrogen-bond acceptors (Lipinski definition) is 6. The van der Waals surface area contributed by atoms with Crippen LogP contribution in [0, 0.1) is 0 Å². The molecule has 190 valence electrons. The lowest BCUT2D eigenvalue weighted by Gasteiger charge is -2.22. The van der Waals surface area contributed by atoms with Crippen LogP contribution >= 0.6 is 0 Å². The Balaban J connectivity index is 1.53. The highest BCUT2D eigenvalue weighted by atomic mass is 16.5. The smallest absolute Gasteiger partial charge is 0.273 e. The molecule has 2 N–H and O–H groups in total. The predicted molar refractivity (Wildman–Crippen MR) is 139 cm³/mol. The zero-order valence-electron chi connectivity index (χ0n) is 21.3. The molecule has 0 fully saturated rings. The molecule has 4 rings (SSSR count). The number of ether oxygens (including phenoxy) is 2. The van der Waals surface area contributed by atoms with Gasteiger partial charge in [-0.3, -0.25) is 9.69 Å². The van der Waals surface area contributed by atoms with E-state index in [1.54, 1.807) is 14.2 Å². The van der Waals surface area contributed by atoms with E-state index in [1.807, 2.05) is 38.1 Å². The van der Waals surface area contributed by atoms with Gasteiger partial charge in [-0.15, -0.1) is 0 Å². The van der Waals surface area contributed by atoms with Crippen molar-refractivity contribution in [3.05, 3.63) is 77.6 Å². The van der Waals surface area contributed by atoms with E-state index in [-0.39, 0.29) is 11.9 Å². The first kappa shape index (κ1) is 25.3. The minimum absolute atomic E-state index is 0.0767. The summed E-state index contributed by atoms with van der Waals surface area (Å²) in [4.78, 5) is 22.5. The molecule has 2 aromatic carbocycles. The molecule has 0 radical (unpaired) electrons. The van der Waals surface area contributed by atoms with Crippen LogP contribution in [0.15, 0.2) is 59.3 Å². The maximum Gasteiger partial charge on any atom is 0.273 e. The zero-order chi connectivity index (χ0) is 25.5. The minimum atomic E-state index is -0.221. The van der Waals surface area contributed by atoms with Crippen molar-refractivity contribution in [2.45, 2.75) is 45.8 Å². The van der Waals surface area contributed by atoms with Crippen molar-refractivity contribution >= 4 is 16.8 Å². The second-order valence-electron chi connectivity index (χ2n) is 8.91. The van der Waals surface area contributed by atoms with Gasteiger partial charge >= 0.3 is 0 Å². The van der Waals surface area contributed by atoms with Gasteiger partial charge in [0.25, 0.3) is 5.91 Å². The fourth-order valence-corrected chi connectivity index (χ4v) is 4.13. The molecular weight excluding hydrogens is 456 g/mol. The number of oxazole rings is 1. The second-order valence-corrected chi connectivity index (χ2v) is 8.91. The van der Waals surface area contributed by atoms with Crippen LogP contribution in [0.1, 0.15) is 47.8 Å². The highest BCUT2D eigenvalue weighted by Crippen LogP contribution is 2.27. The highest BCUT2D eigenvalue weighted by Gasteiger charge is 2.18. The summed E-state index contributed by atoms with van der Waals surface area (Å²) >= 11 is 0. The monoisotopic (exact) mass is 490 g/mol. The number of aromatic nitrogens is 2. The van der Waals surface area contributed by atoms with Crippen molar-refractivity contribution in [3.63, 3.8) is 0 Å². The van der Waals surface area contributed by atoms with Gasteiger partial charge in [-0.1, -0.05) is 31.2 Å². The molecule has 0 saturated heterocycles. The van der Waals surface area contributed by atoms with Crippen LogP contribution in [0.4, 0.5) is 0 Å². The number of para-hydroxylation sites is 1. The second kappa shape index (κ2) is 11.8. The normalized spacial score (nSPS) is 12.1. The lowest BCUT2D eigenvalue weighted by molar-refractivity contribution is 0.0934. The summed E-state index contributed by atoms with van der Waals surface area (Å²) in [5.41, 5.74) is 3.70. The Bertz CT molecular complexity index is 1300. The molecule has 2 aromatic heterocycles. The Hall–Kier alpha value is -3.78. The molecule has 8 heteroatoms. The molecule has 1 amide bonds. The van der Waals surface area contributed by atoms with Crippen molar-refractivity contribution < 1.29 is 18.7 Å². The number of amides is 1. The average Bonchev–Trinajstić information content (AvgIpc) is 3.54. The van der Waals surface area contributed by atoms with Crippen molar-refractivity contribution in [1.82, 2.24) is 20.2 Å². The molecule has 0 aliphatic heterocycles. The van der Waals surface area contributed by atoms with Gasteiger partial charge in [0.05, 0.1) is 20.8 Å². The van der Waals surface area contributed by atoms with E-state index >= 15 is 0 Å². The van der Waals surface area contributed by atoms with Gasteiger partial charge in [-0.25, -0.2) is 4.98 Å². The molecule has 0 aliphatic rings. The fraction of sp³-hybridized carbons (Fsp3) is 0.357. The van der Waals surface area contributed by atoms with E-state index in [0.29, 0.717) is 24.7 Å². The summed E-state index contributed by atoms with van der Waals surface area (Å²) in [5, 5.41) is 4.15. The van der Waals surface area contributed by atoms with Crippen LogP contribution < -0.4 is 14.8 Å². The number of carbonyl (C=O) groups excluding carboxylic acids is 1. The standard InChI is InChI=1S/C28H34N4O4/c1-5-19(2)30-28(33)25-18-36-27(31-25)17-32(16-21-10-11-22(34-3)14-26(21)35-4)13-12-20-15-29-24-9-7-6-8-23(20)24/h6-11,14-15,18-19,29H,5,12-13,16-17H2,1-4H3,(H,30,33)/t19-/m0/s1. The number of nitrogens with one attached hydrogen (secondary N) is 2. The maximum absolute atomic E-state index is 12.5. The molecule has 0 spiro atoms. The van der Waals surface area contributed by atoms with Crippen molar-refractivity contribution in [3.8, 4) is 11.5 Å². The van der Waals surface area contributed by atoms with Gasteiger partial charge in [0.15, 0.2) is 5.69 Å². The number of rotatable bonds is 12. The first-order valence-electron chi connectivity index (χ1n) is 12.2. The Kier molecular flexibility index (Phi) is 8.28. The molecule has 1 atom stereocenters. The summed E-state index contributed by atoms with van der Waals surface area (Å²) in [6, 6.07) is 14.2. The summed E-state index contributed by atoms with van der Waals surface area (Å²) in [6.07, 6.45) is 5.18. The third kappa shape index (κ3) is 6.07. The van der Waals surface area contributed by atoms with Crippen LogP contribution in [-0.4, -0.2) is 47.6 Å². The van der Waals surface area contributed by atoms with Gasteiger partial charge in [0.2, 0.25) is 5.89 Å². The minimum Gasteiger partial charge on any atom is -0.497 e. The summed E-state index contributed by atoms with van der Waals surface area (Å²) in [7, 11) is 3.30. The quantitative estimate of drug-likeness (QED) is 0.292. The number of benzene rings is 2. The number of carbonyl (C=O) groups is 1. The van der Waals surface area contributed by atoms with Crippen LogP contribution in [0.2, 0.25) is 0 Å². The van der Waals surface area contributed by atoms with Gasteiger partial charge < -0.3 is 24.2 Å². The summed E-state index contributed by atoms with van der Waals surface area (Å²) in [6.45, 7) is 5.82. The van der Waals surface area contributed by atoms with Gasteiger partial charge in [0.1, 0.15) is 17.8 Å². The van der Waals surface area contributed by atoms with Crippen LogP contribution in [0.25, 0.3) is 10.9 Å². The van der Waals surface area contributed by atoms with E-state index < -0.39 is 0 Å². The van der Waals surface area contributed by atoms with Gasteiger partial charge in [0, 0.05) is 47.9 Å². The first-order valence-corrected chi connectivity index (χ1v) is 12.2. The molecule has 0 unspecified atom stereocenters. The number of nitrogens with zero attached hydrogens (tertiary/aromatic N) is 2. The third-order valence-electron chi connectivity index (χ3n) is 6.39. The van der Waals surface area contributed by atoms with Crippen LogP contribution in [0.3, 0.4) is 0 Å². The number of hydrogen-bond donors (Lipinski definition) is 2. The van der Waals surface area contributed by atoms with E-state index in [2.05, 4.69) is 44.6 Å². The molecule has 0 saturated carbocycles. The number of methoxy groups -OCH3 is 2. The lowest BCUT2D eigenvalue weighted by Crippen LogP contribution is -2.32. The van der Waals surface area contributed by atoms with E-state index in [1.165, 1.54) is 17.2 Å². The largest absolute Gasteiger partial charge is 0.497 e. The molecule has 0 bridgehead atoms. The van der Waals surface area contributed by atoms with Crippen molar-refractivity contribution in [2.24, 2.45) is 0 Å². The third-order valence-corrected chi connectivity index (χ3v) is 6.39. The molecule has 2 heterocycles. The Labute approximate surface area is 211 Å². The van der Waals surface area contributed by atoms with E-state index in [9.17, 15) is 4.79 Å². The Morgan fingerprint density at radius 3 is 2.75 bits per heavy atom. The van der Waals surface area contributed by atoms with E-state index in [4.69, 9.17) is 13.9 Å². The summed E-state index contributed by atoms with van der Waals surface area (Å²) in [5.74, 6) is 1.77. The average molecular weight is 491 g/mol. The first-order chi connectivity index (χ1) is 17.5. The molecule has 8 nitrogen and oxygen atoms in total. The van der Waals surface area contributed by atoms with Crippen molar-refractivity contribution in [2.75, 3.05) is 20.8 Å². The number of H-pyrrole nitrogens is 1. The molecule has 4 aromatic rings. The van der Waals surface area contributed by atoms with E-state index in [0.717, 1.165) is 42.0 Å². The summed E-state index contributed by atoms with van der Waals surface area (Å²) < 4.78 is 16.7. The van der Waals surface area contributed by atoms with Crippen molar-refractivity contribution in [1.29, 1.82) is 0 Å². The Morgan fingerprint density at radius 2 is 1.97 bits per heavy atom. The van der Waals surface area contributed by atoms with Gasteiger partial charge in [-0.2, -0.15) is 0 Å². The van der Waals surface area contributed by atoms with Crippen LogP contribution in [0.5, 0.6) is 11.5 Å². The lowest BCUT2D eigenvalue weighted by atomic mass is 10.1.